The van der Waals surface area contributed by atoms with Crippen molar-refractivity contribution in [1.82, 2.24) is 5.32 Å². The van der Waals surface area contributed by atoms with Crippen LogP contribution in [0.15, 0.2) is 0 Å². The van der Waals surface area contributed by atoms with Gasteiger partial charge in [-0.25, -0.2) is 0 Å². The monoisotopic (exact) mass is 112 g/mol. The molecule has 0 saturated carbocycles. The summed E-state index contributed by atoms with van der Waals surface area (Å²) in [5.74, 6) is 0.765. The smallest absolute Gasteiger partial charge is 0.0420 e. The third-order valence-electron chi connectivity index (χ3n) is 1.59. The molecule has 2 atom stereocenters. The van der Waals surface area contributed by atoms with Gasteiger partial charge >= 0.3 is 0 Å². The van der Waals surface area contributed by atoms with Crippen molar-refractivity contribution < 1.29 is 0 Å². The van der Waals surface area contributed by atoms with E-state index in [1.807, 2.05) is 0 Å². The first-order valence-corrected chi connectivity index (χ1v) is 3.07. The molecule has 1 unspecified atom stereocenters. The van der Waals surface area contributed by atoms with Gasteiger partial charge < -0.3 is 10.7 Å². The van der Waals surface area contributed by atoms with E-state index in [1.165, 1.54) is 6.21 Å². The van der Waals surface area contributed by atoms with Gasteiger partial charge in [0.2, 0.25) is 0 Å². The molecule has 1 saturated heterocycles. The second-order valence-electron chi connectivity index (χ2n) is 2.52. The molecule has 0 radical (unpaired) electrons. The van der Waals surface area contributed by atoms with Crippen molar-refractivity contribution in [2.75, 3.05) is 6.54 Å². The molecule has 1 aliphatic rings. The molecule has 0 spiro atoms. The zero-order valence-corrected chi connectivity index (χ0v) is 5.15. The number of hydrogen-bond donors (Lipinski definition) is 2. The van der Waals surface area contributed by atoms with Crippen LogP contribution in [-0.4, -0.2) is 18.8 Å². The molecule has 1 rings (SSSR count). The highest BCUT2D eigenvalue weighted by molar-refractivity contribution is 5.61. The molecule has 0 aliphatic carbocycles. The summed E-state index contributed by atoms with van der Waals surface area (Å²) in [6, 6.07) is 0.366. The van der Waals surface area contributed by atoms with Crippen LogP contribution in [0.2, 0.25) is 0 Å². The molecular formula is C6H12N2. The highest BCUT2D eigenvalue weighted by Gasteiger charge is 2.17. The molecule has 0 aromatic carbocycles. The summed E-state index contributed by atoms with van der Waals surface area (Å²) in [7, 11) is 0. The third kappa shape index (κ3) is 1.07. The molecule has 1 fully saturated rings. The minimum Gasteiger partial charge on any atom is -0.311 e. The maximum atomic E-state index is 6.90. The maximum absolute atomic E-state index is 6.90. The Morgan fingerprint density at radius 2 is 2.50 bits per heavy atom. The molecule has 0 aromatic heterocycles. The predicted octanol–water partition coefficient (Wildman–Crippen LogP) is 0.634. The number of hydrogen-bond acceptors (Lipinski definition) is 2. The fourth-order valence-electron chi connectivity index (χ4n) is 1.08. The van der Waals surface area contributed by atoms with Crippen LogP contribution in [0.4, 0.5) is 0 Å². The Labute approximate surface area is 49.8 Å². The normalized spacial score (nSPS) is 37.6. The van der Waals surface area contributed by atoms with E-state index in [2.05, 4.69) is 12.2 Å². The van der Waals surface area contributed by atoms with E-state index < -0.39 is 0 Å². The Bertz CT molecular complexity index is 90.5. The van der Waals surface area contributed by atoms with Crippen LogP contribution in [0, 0.1) is 11.3 Å². The van der Waals surface area contributed by atoms with Crippen LogP contribution < -0.4 is 5.32 Å². The number of nitrogens with one attached hydrogen (secondary N) is 2. The fraction of sp³-hybridized carbons (Fsp3) is 0.833. The average molecular weight is 112 g/mol. The quantitative estimate of drug-likeness (QED) is 0.480. The number of rotatable bonds is 1. The van der Waals surface area contributed by atoms with Crippen molar-refractivity contribution in [2.24, 2.45) is 5.92 Å². The van der Waals surface area contributed by atoms with Gasteiger partial charge in [0.05, 0.1) is 0 Å². The van der Waals surface area contributed by atoms with E-state index in [9.17, 15) is 0 Å². The Morgan fingerprint density at radius 3 is 2.75 bits per heavy atom. The summed E-state index contributed by atoms with van der Waals surface area (Å²) < 4.78 is 0. The van der Waals surface area contributed by atoms with Crippen LogP contribution in [0.1, 0.15) is 13.3 Å². The summed E-state index contributed by atoms with van der Waals surface area (Å²) >= 11 is 0. The Morgan fingerprint density at radius 1 is 1.75 bits per heavy atom. The van der Waals surface area contributed by atoms with Gasteiger partial charge in [-0.3, -0.25) is 0 Å². The van der Waals surface area contributed by atoms with Crippen molar-refractivity contribution in [3.8, 4) is 0 Å². The second-order valence-corrected chi connectivity index (χ2v) is 2.52. The van der Waals surface area contributed by atoms with Gasteiger partial charge in [0.1, 0.15) is 0 Å². The molecular weight excluding hydrogens is 100 g/mol. The summed E-state index contributed by atoms with van der Waals surface area (Å²) in [4.78, 5) is 0. The van der Waals surface area contributed by atoms with Gasteiger partial charge in [-0.15, -0.1) is 0 Å². The van der Waals surface area contributed by atoms with Gasteiger partial charge in [0.15, 0.2) is 0 Å². The molecule has 46 valence electrons. The first-order chi connectivity index (χ1) is 3.83. The standard InChI is InChI=1S/C6H12N2/c1-5-2-6(3-7)8-4-5/h3,5-8H,2,4H2,1H3/t5-,6?/m0/s1. The molecule has 2 N–H and O–H groups in total. The van der Waals surface area contributed by atoms with Gasteiger partial charge in [-0.2, -0.15) is 0 Å². The van der Waals surface area contributed by atoms with Crippen molar-refractivity contribution in [3.63, 3.8) is 0 Å². The van der Waals surface area contributed by atoms with Crippen LogP contribution >= 0.6 is 0 Å². The lowest BCUT2D eigenvalue weighted by Gasteiger charge is -1.97. The van der Waals surface area contributed by atoms with E-state index in [1.54, 1.807) is 0 Å². The lowest BCUT2D eigenvalue weighted by molar-refractivity contribution is 0.646. The Hall–Kier alpha value is -0.370. The maximum Gasteiger partial charge on any atom is 0.0420 e. The van der Waals surface area contributed by atoms with E-state index >= 15 is 0 Å². The van der Waals surface area contributed by atoms with Gasteiger partial charge in [-0.1, -0.05) is 6.92 Å². The molecule has 8 heavy (non-hydrogen) atoms. The summed E-state index contributed by atoms with van der Waals surface area (Å²) in [6.07, 6.45) is 2.63. The Balaban J connectivity index is 2.32. The lowest BCUT2D eigenvalue weighted by Crippen LogP contribution is -2.21. The van der Waals surface area contributed by atoms with Gasteiger partial charge in [0.25, 0.3) is 0 Å². The van der Waals surface area contributed by atoms with Crippen LogP contribution in [0.3, 0.4) is 0 Å². The molecule has 0 bridgehead atoms. The summed E-state index contributed by atoms with van der Waals surface area (Å²) in [5, 5.41) is 10.1. The van der Waals surface area contributed by atoms with Crippen molar-refractivity contribution in [2.45, 2.75) is 19.4 Å². The van der Waals surface area contributed by atoms with Crippen molar-refractivity contribution >= 4 is 6.21 Å². The molecule has 0 aromatic rings. The second kappa shape index (κ2) is 2.27. The molecule has 2 heteroatoms. The fourth-order valence-corrected chi connectivity index (χ4v) is 1.08. The minimum atomic E-state index is 0.366. The van der Waals surface area contributed by atoms with Crippen molar-refractivity contribution in [1.29, 1.82) is 5.41 Å². The molecule has 0 amide bonds. The molecule has 1 heterocycles. The van der Waals surface area contributed by atoms with Gasteiger partial charge in [-0.05, 0) is 18.9 Å². The third-order valence-corrected chi connectivity index (χ3v) is 1.59. The lowest BCUT2D eigenvalue weighted by atomic mass is 10.1. The summed E-state index contributed by atoms with van der Waals surface area (Å²) in [5.41, 5.74) is 0. The highest BCUT2D eigenvalue weighted by atomic mass is 14.9. The largest absolute Gasteiger partial charge is 0.311 e. The Kier molecular flexibility index (Phi) is 1.63. The van der Waals surface area contributed by atoms with Crippen LogP contribution in [0.5, 0.6) is 0 Å². The van der Waals surface area contributed by atoms with E-state index in [-0.39, 0.29) is 0 Å². The topological polar surface area (TPSA) is 35.9 Å². The highest BCUT2D eigenvalue weighted by Crippen LogP contribution is 2.09. The van der Waals surface area contributed by atoms with Crippen molar-refractivity contribution in [3.05, 3.63) is 0 Å². The van der Waals surface area contributed by atoms with E-state index in [4.69, 9.17) is 5.41 Å². The first kappa shape index (κ1) is 5.76. The average Bonchev–Trinajstić information content (AvgIpc) is 2.14. The predicted molar refractivity (Wildman–Crippen MR) is 34.4 cm³/mol. The van der Waals surface area contributed by atoms with E-state index in [0.29, 0.717) is 6.04 Å². The minimum absolute atomic E-state index is 0.366. The summed E-state index contributed by atoms with van der Waals surface area (Å²) in [6.45, 7) is 3.29. The van der Waals surface area contributed by atoms with Gasteiger partial charge in [0, 0.05) is 12.3 Å². The van der Waals surface area contributed by atoms with E-state index in [0.717, 1.165) is 18.9 Å². The first-order valence-electron chi connectivity index (χ1n) is 3.07. The van der Waals surface area contributed by atoms with Crippen LogP contribution in [-0.2, 0) is 0 Å². The zero-order valence-electron chi connectivity index (χ0n) is 5.15. The molecule has 2 nitrogen and oxygen atoms in total. The van der Waals surface area contributed by atoms with Crippen LogP contribution in [0.25, 0.3) is 0 Å². The zero-order chi connectivity index (χ0) is 5.98. The molecule has 1 aliphatic heterocycles. The SMILES string of the molecule is C[C@@H]1CNC(C=N)C1.